The monoisotopic (exact) mass is 283 g/mol. The largest absolute Gasteiger partial charge is 0.493 e. The van der Waals surface area contributed by atoms with Crippen LogP contribution in [0, 0.1) is 0 Å². The maximum Gasteiger partial charge on any atom is 0.161 e. The van der Waals surface area contributed by atoms with Crippen LogP contribution < -0.4 is 15.2 Å². The molecule has 0 aliphatic carbocycles. The minimum Gasteiger partial charge on any atom is -0.493 e. The summed E-state index contributed by atoms with van der Waals surface area (Å²) in [5.74, 6) is 1.44. The molecule has 0 aliphatic rings. The molecule has 0 aliphatic heterocycles. The number of hydrogen-bond donors (Lipinski definition) is 1. The number of benzene rings is 1. The number of hydrogen-bond acceptors (Lipinski definition) is 5. The Morgan fingerprint density at radius 3 is 2.45 bits per heavy atom. The van der Waals surface area contributed by atoms with E-state index >= 15 is 0 Å². The molecule has 2 N–H and O–H groups in total. The van der Waals surface area contributed by atoms with Crippen molar-refractivity contribution in [2.45, 2.75) is 19.4 Å². The van der Waals surface area contributed by atoms with E-state index in [0.717, 1.165) is 23.5 Å². The summed E-state index contributed by atoms with van der Waals surface area (Å²) in [5.41, 5.74) is 6.93. The van der Waals surface area contributed by atoms with Crippen molar-refractivity contribution in [1.29, 1.82) is 0 Å². The van der Waals surface area contributed by atoms with Crippen molar-refractivity contribution in [3.63, 3.8) is 0 Å². The highest BCUT2D eigenvalue weighted by Gasteiger charge is 2.07. The maximum absolute atomic E-state index is 5.79. The molecule has 0 aromatic heterocycles. The lowest BCUT2D eigenvalue weighted by atomic mass is 10.1. The fraction of sp³-hybridized carbons (Fsp3) is 0.600. The minimum absolute atomic E-state index is 0.126. The number of rotatable bonds is 10. The van der Waals surface area contributed by atoms with Crippen LogP contribution in [0.3, 0.4) is 0 Å². The summed E-state index contributed by atoms with van der Waals surface area (Å²) >= 11 is 0. The molecule has 1 unspecified atom stereocenters. The Kier molecular flexibility index (Phi) is 8.02. The molecular formula is C15H25NO4. The molecular weight excluding hydrogens is 258 g/mol. The zero-order valence-electron chi connectivity index (χ0n) is 12.6. The first-order valence-electron chi connectivity index (χ1n) is 6.79. The summed E-state index contributed by atoms with van der Waals surface area (Å²) in [6.07, 6.45) is 0.816. The molecule has 0 saturated carbocycles. The van der Waals surface area contributed by atoms with Gasteiger partial charge in [-0.2, -0.15) is 0 Å². The molecule has 1 aromatic carbocycles. The normalized spacial score (nSPS) is 12.2. The van der Waals surface area contributed by atoms with Crippen LogP contribution in [0.1, 0.15) is 12.5 Å². The standard InChI is InChI=1S/C15H25NO4/c1-12(16)10-13-4-5-14(15(11-13)18-3)20-9-8-19-7-6-17-2/h4-5,11-12H,6-10,16H2,1-3H3. The second-order valence-electron chi connectivity index (χ2n) is 4.62. The van der Waals surface area contributed by atoms with E-state index in [9.17, 15) is 0 Å². The van der Waals surface area contributed by atoms with Crippen molar-refractivity contribution < 1.29 is 18.9 Å². The highest BCUT2D eigenvalue weighted by Crippen LogP contribution is 2.28. The first kappa shape index (κ1) is 16.8. The van der Waals surface area contributed by atoms with Crippen LogP contribution >= 0.6 is 0 Å². The van der Waals surface area contributed by atoms with Gasteiger partial charge in [-0.1, -0.05) is 6.07 Å². The van der Waals surface area contributed by atoms with Crippen LogP contribution in [0.4, 0.5) is 0 Å². The molecule has 5 heteroatoms. The van der Waals surface area contributed by atoms with Gasteiger partial charge in [0.1, 0.15) is 6.61 Å². The molecule has 0 radical (unpaired) electrons. The second-order valence-corrected chi connectivity index (χ2v) is 4.62. The Balaban J connectivity index is 2.44. The zero-order valence-corrected chi connectivity index (χ0v) is 12.6. The SMILES string of the molecule is COCCOCCOc1ccc(CC(C)N)cc1OC. The van der Waals surface area contributed by atoms with Crippen molar-refractivity contribution in [2.75, 3.05) is 40.6 Å². The Morgan fingerprint density at radius 1 is 1.05 bits per heavy atom. The molecule has 114 valence electrons. The maximum atomic E-state index is 5.79. The molecule has 0 amide bonds. The first-order valence-corrected chi connectivity index (χ1v) is 6.79. The van der Waals surface area contributed by atoms with Crippen LogP contribution in [-0.4, -0.2) is 46.7 Å². The molecule has 0 heterocycles. The highest BCUT2D eigenvalue weighted by atomic mass is 16.5. The smallest absolute Gasteiger partial charge is 0.161 e. The van der Waals surface area contributed by atoms with Crippen LogP contribution in [0.25, 0.3) is 0 Å². The fourth-order valence-electron chi connectivity index (χ4n) is 1.78. The Morgan fingerprint density at radius 2 is 1.80 bits per heavy atom. The topological polar surface area (TPSA) is 62.9 Å². The van der Waals surface area contributed by atoms with Crippen LogP contribution in [-0.2, 0) is 15.9 Å². The number of nitrogens with two attached hydrogens (primary N) is 1. The van der Waals surface area contributed by atoms with E-state index in [1.165, 1.54) is 0 Å². The second kappa shape index (κ2) is 9.58. The van der Waals surface area contributed by atoms with Gasteiger partial charge in [0.05, 0.1) is 26.9 Å². The lowest BCUT2D eigenvalue weighted by Gasteiger charge is -2.13. The molecule has 1 rings (SSSR count). The van der Waals surface area contributed by atoms with E-state index in [1.54, 1.807) is 14.2 Å². The molecule has 0 saturated heterocycles. The van der Waals surface area contributed by atoms with Crippen molar-refractivity contribution in [1.82, 2.24) is 0 Å². The quantitative estimate of drug-likeness (QED) is 0.661. The summed E-state index contributed by atoms with van der Waals surface area (Å²) in [5, 5.41) is 0. The van der Waals surface area contributed by atoms with Crippen LogP contribution in [0.5, 0.6) is 11.5 Å². The van der Waals surface area contributed by atoms with Gasteiger partial charge in [0, 0.05) is 13.2 Å². The van der Waals surface area contributed by atoms with Gasteiger partial charge in [0.25, 0.3) is 0 Å². The van der Waals surface area contributed by atoms with Crippen molar-refractivity contribution >= 4 is 0 Å². The van der Waals surface area contributed by atoms with E-state index < -0.39 is 0 Å². The van der Waals surface area contributed by atoms with Crippen LogP contribution in [0.15, 0.2) is 18.2 Å². The van der Waals surface area contributed by atoms with Gasteiger partial charge in [-0.3, -0.25) is 0 Å². The zero-order chi connectivity index (χ0) is 14.8. The van der Waals surface area contributed by atoms with Gasteiger partial charge in [-0.05, 0) is 31.0 Å². The highest BCUT2D eigenvalue weighted by molar-refractivity contribution is 5.43. The molecule has 1 aromatic rings. The summed E-state index contributed by atoms with van der Waals surface area (Å²) < 4.78 is 21.2. The van der Waals surface area contributed by atoms with Crippen molar-refractivity contribution in [3.05, 3.63) is 23.8 Å². The molecule has 0 bridgehead atoms. The summed E-state index contributed by atoms with van der Waals surface area (Å²) in [4.78, 5) is 0. The molecule has 0 fully saturated rings. The van der Waals surface area contributed by atoms with Gasteiger partial charge < -0.3 is 24.7 Å². The third-order valence-corrected chi connectivity index (χ3v) is 2.70. The lowest BCUT2D eigenvalue weighted by molar-refractivity contribution is 0.0540. The third kappa shape index (κ3) is 6.23. The predicted octanol–water partition coefficient (Wildman–Crippen LogP) is 1.63. The van der Waals surface area contributed by atoms with Gasteiger partial charge in [0.15, 0.2) is 11.5 Å². The molecule has 1 atom stereocenters. The van der Waals surface area contributed by atoms with Crippen molar-refractivity contribution in [3.8, 4) is 11.5 Å². The van der Waals surface area contributed by atoms with E-state index in [2.05, 4.69) is 0 Å². The Bertz CT molecular complexity index is 382. The average molecular weight is 283 g/mol. The van der Waals surface area contributed by atoms with Gasteiger partial charge in [0.2, 0.25) is 0 Å². The predicted molar refractivity (Wildman–Crippen MR) is 78.5 cm³/mol. The van der Waals surface area contributed by atoms with E-state index in [0.29, 0.717) is 26.4 Å². The summed E-state index contributed by atoms with van der Waals surface area (Å²) in [6, 6.07) is 6.00. The van der Waals surface area contributed by atoms with Gasteiger partial charge >= 0.3 is 0 Å². The Hall–Kier alpha value is -1.30. The van der Waals surface area contributed by atoms with E-state index in [1.807, 2.05) is 25.1 Å². The van der Waals surface area contributed by atoms with Crippen LogP contribution in [0.2, 0.25) is 0 Å². The van der Waals surface area contributed by atoms with Crippen molar-refractivity contribution in [2.24, 2.45) is 5.73 Å². The molecule has 20 heavy (non-hydrogen) atoms. The molecule has 5 nitrogen and oxygen atoms in total. The van der Waals surface area contributed by atoms with Gasteiger partial charge in [-0.15, -0.1) is 0 Å². The molecule has 0 spiro atoms. The lowest BCUT2D eigenvalue weighted by Crippen LogP contribution is -2.17. The fourth-order valence-corrected chi connectivity index (χ4v) is 1.78. The minimum atomic E-state index is 0.126. The summed E-state index contributed by atoms with van der Waals surface area (Å²) in [6.45, 7) is 4.15. The van der Waals surface area contributed by atoms with Gasteiger partial charge in [-0.25, -0.2) is 0 Å². The van der Waals surface area contributed by atoms with E-state index in [4.69, 9.17) is 24.7 Å². The average Bonchev–Trinajstić information content (AvgIpc) is 2.43. The number of methoxy groups -OCH3 is 2. The van der Waals surface area contributed by atoms with E-state index in [-0.39, 0.29) is 6.04 Å². The number of ether oxygens (including phenoxy) is 4. The third-order valence-electron chi connectivity index (χ3n) is 2.70. The summed E-state index contributed by atoms with van der Waals surface area (Å²) in [7, 11) is 3.28. The Labute approximate surface area is 121 Å². The first-order chi connectivity index (χ1) is 9.67.